The van der Waals surface area contributed by atoms with Crippen molar-refractivity contribution in [3.05, 3.63) is 0 Å². The number of alkyl halides is 1. The topological polar surface area (TPSA) is 137 Å². The number of hydrogen-bond donors (Lipinski definition) is 5. The number of carbonyl (C=O) groups is 1. The molecule has 6 atom stereocenters. The molecule has 0 aromatic heterocycles. The summed E-state index contributed by atoms with van der Waals surface area (Å²) in [7, 11) is 1.06. The van der Waals surface area contributed by atoms with Gasteiger partial charge in [-0.3, -0.25) is 0 Å². The summed E-state index contributed by atoms with van der Waals surface area (Å²) in [5.74, 6) is -1.00. The predicted molar refractivity (Wildman–Crippen MR) is 61.2 cm³/mol. The van der Waals surface area contributed by atoms with Crippen LogP contribution in [0.25, 0.3) is 0 Å². The highest BCUT2D eigenvalue weighted by Gasteiger charge is 2.53. The average molecular weight is 301 g/mol. The standard InChI is InChI=1S/C10H17ClO8/c1-18-9(17)10(11)2-4(13)6(15)8(19-10)7(16)5(14)3-12/h4-8,12-16H,2-3H2,1H3/t4-,5?,6-,7?,8?,10+/m1/s1. The quantitative estimate of drug-likeness (QED) is 0.280. The highest BCUT2D eigenvalue weighted by Crippen LogP contribution is 2.35. The van der Waals surface area contributed by atoms with E-state index in [1.807, 2.05) is 0 Å². The van der Waals surface area contributed by atoms with Gasteiger partial charge in [0.2, 0.25) is 5.06 Å². The summed E-state index contributed by atoms with van der Waals surface area (Å²) in [6.07, 6.45) is -8.40. The zero-order valence-electron chi connectivity index (χ0n) is 10.1. The van der Waals surface area contributed by atoms with Crippen LogP contribution in [0.2, 0.25) is 0 Å². The molecular weight excluding hydrogens is 284 g/mol. The molecule has 3 unspecified atom stereocenters. The lowest BCUT2D eigenvalue weighted by molar-refractivity contribution is -0.233. The van der Waals surface area contributed by atoms with Gasteiger partial charge in [-0.25, -0.2) is 4.79 Å². The highest BCUT2D eigenvalue weighted by atomic mass is 35.5. The van der Waals surface area contributed by atoms with Crippen molar-refractivity contribution < 1.29 is 39.8 Å². The van der Waals surface area contributed by atoms with Crippen molar-refractivity contribution in [1.29, 1.82) is 0 Å². The van der Waals surface area contributed by atoms with Gasteiger partial charge in [-0.15, -0.1) is 0 Å². The lowest BCUT2D eigenvalue weighted by Crippen LogP contribution is -2.61. The highest BCUT2D eigenvalue weighted by molar-refractivity contribution is 6.32. The van der Waals surface area contributed by atoms with E-state index in [2.05, 4.69) is 4.74 Å². The van der Waals surface area contributed by atoms with Gasteiger partial charge in [-0.1, -0.05) is 11.6 Å². The van der Waals surface area contributed by atoms with Crippen molar-refractivity contribution in [1.82, 2.24) is 0 Å². The lowest BCUT2D eigenvalue weighted by Gasteiger charge is -2.42. The number of ether oxygens (including phenoxy) is 2. The third-order valence-corrected chi connectivity index (χ3v) is 3.33. The predicted octanol–water partition coefficient (Wildman–Crippen LogP) is -2.68. The molecule has 0 aromatic carbocycles. The van der Waals surface area contributed by atoms with E-state index in [1.165, 1.54) is 0 Å². The first-order chi connectivity index (χ1) is 8.76. The Labute approximate surface area is 114 Å². The van der Waals surface area contributed by atoms with Crippen molar-refractivity contribution >= 4 is 17.6 Å². The maximum atomic E-state index is 11.5. The maximum absolute atomic E-state index is 11.5. The van der Waals surface area contributed by atoms with E-state index in [1.54, 1.807) is 0 Å². The third-order valence-electron chi connectivity index (χ3n) is 2.93. The zero-order valence-corrected chi connectivity index (χ0v) is 10.9. The van der Waals surface area contributed by atoms with E-state index in [0.29, 0.717) is 0 Å². The van der Waals surface area contributed by atoms with Crippen LogP contribution >= 0.6 is 11.6 Å². The molecule has 0 amide bonds. The van der Waals surface area contributed by atoms with Crippen LogP contribution in [0.3, 0.4) is 0 Å². The smallest absolute Gasteiger partial charge is 0.354 e. The molecule has 112 valence electrons. The Morgan fingerprint density at radius 3 is 2.58 bits per heavy atom. The third kappa shape index (κ3) is 3.34. The molecule has 0 spiro atoms. The van der Waals surface area contributed by atoms with Crippen molar-refractivity contribution in [2.75, 3.05) is 13.7 Å². The first-order valence-electron chi connectivity index (χ1n) is 5.55. The van der Waals surface area contributed by atoms with Gasteiger partial charge in [0, 0.05) is 6.42 Å². The summed E-state index contributed by atoms with van der Waals surface area (Å²) in [5, 5.41) is 45.0. The lowest BCUT2D eigenvalue weighted by atomic mass is 9.92. The van der Waals surface area contributed by atoms with Crippen molar-refractivity contribution in [3.63, 3.8) is 0 Å². The van der Waals surface area contributed by atoms with Crippen molar-refractivity contribution in [2.24, 2.45) is 0 Å². The van der Waals surface area contributed by atoms with Gasteiger partial charge >= 0.3 is 5.97 Å². The molecule has 5 N–H and O–H groups in total. The van der Waals surface area contributed by atoms with Crippen LogP contribution in [-0.2, 0) is 14.3 Å². The number of aliphatic hydroxyl groups excluding tert-OH is 5. The first-order valence-corrected chi connectivity index (χ1v) is 5.93. The molecule has 1 saturated heterocycles. The molecule has 0 aromatic rings. The van der Waals surface area contributed by atoms with Crippen LogP contribution in [0.15, 0.2) is 0 Å². The fourth-order valence-electron chi connectivity index (χ4n) is 1.82. The van der Waals surface area contributed by atoms with Gasteiger partial charge in [0.25, 0.3) is 0 Å². The summed E-state index contributed by atoms with van der Waals surface area (Å²) in [6, 6.07) is 0. The molecule has 0 aliphatic carbocycles. The van der Waals surface area contributed by atoms with Crippen LogP contribution in [0.4, 0.5) is 0 Å². The second kappa shape index (κ2) is 6.31. The molecule has 1 aliphatic heterocycles. The maximum Gasteiger partial charge on any atom is 0.354 e. The molecule has 19 heavy (non-hydrogen) atoms. The van der Waals surface area contributed by atoms with Crippen LogP contribution in [-0.4, -0.2) is 80.8 Å². The Bertz CT molecular complexity index is 327. The van der Waals surface area contributed by atoms with Gasteiger partial charge in [-0.2, -0.15) is 0 Å². The van der Waals surface area contributed by atoms with E-state index >= 15 is 0 Å². The minimum absolute atomic E-state index is 0.444. The van der Waals surface area contributed by atoms with Gasteiger partial charge in [-0.05, 0) is 0 Å². The first kappa shape index (κ1) is 16.6. The SMILES string of the molecule is COC(=O)[C@]1(Cl)C[C@@H](O)[C@@H](O)C(C(O)C(O)CO)O1. The number of rotatable bonds is 4. The summed E-state index contributed by atoms with van der Waals surface area (Å²) in [5.41, 5.74) is 0. The molecule has 9 heteroatoms. The largest absolute Gasteiger partial charge is 0.466 e. The van der Waals surface area contributed by atoms with E-state index in [0.717, 1.165) is 7.11 Å². The van der Waals surface area contributed by atoms with Crippen molar-refractivity contribution in [2.45, 2.75) is 42.0 Å². The second-order valence-corrected chi connectivity index (χ2v) is 4.92. The monoisotopic (exact) mass is 300 g/mol. The summed E-state index contributed by atoms with van der Waals surface area (Å²) < 4.78 is 9.46. The van der Waals surface area contributed by atoms with Gasteiger partial charge in [0.15, 0.2) is 0 Å². The molecule has 0 bridgehead atoms. The Balaban J connectivity index is 2.94. The second-order valence-electron chi connectivity index (χ2n) is 4.31. The molecule has 8 nitrogen and oxygen atoms in total. The summed E-state index contributed by atoms with van der Waals surface area (Å²) in [6.45, 7) is -0.794. The van der Waals surface area contributed by atoms with E-state index in [-0.39, 0.29) is 0 Å². The Morgan fingerprint density at radius 1 is 1.53 bits per heavy atom. The van der Waals surface area contributed by atoms with Crippen LogP contribution < -0.4 is 0 Å². The number of esters is 1. The Morgan fingerprint density at radius 2 is 2.11 bits per heavy atom. The van der Waals surface area contributed by atoms with Crippen LogP contribution in [0, 0.1) is 0 Å². The molecule has 1 aliphatic rings. The fourth-order valence-corrected chi connectivity index (χ4v) is 2.16. The Kier molecular flexibility index (Phi) is 5.51. The minimum atomic E-state index is -2.08. The number of halogens is 1. The number of carbonyl (C=O) groups excluding carboxylic acids is 1. The van der Waals surface area contributed by atoms with Crippen LogP contribution in [0.1, 0.15) is 6.42 Å². The van der Waals surface area contributed by atoms with Crippen LogP contribution in [0.5, 0.6) is 0 Å². The average Bonchev–Trinajstić information content (AvgIpc) is 2.40. The number of aliphatic hydroxyl groups is 5. The molecular formula is C10H17ClO8. The van der Waals surface area contributed by atoms with E-state index in [9.17, 15) is 25.2 Å². The normalized spacial score (nSPS) is 38.6. The zero-order chi connectivity index (χ0) is 14.8. The summed E-state index contributed by atoms with van der Waals surface area (Å²) >= 11 is 5.85. The Hall–Kier alpha value is -0.480. The number of methoxy groups -OCH3 is 1. The minimum Gasteiger partial charge on any atom is -0.466 e. The van der Waals surface area contributed by atoms with Crippen molar-refractivity contribution in [3.8, 4) is 0 Å². The van der Waals surface area contributed by atoms with Gasteiger partial charge in [0.1, 0.15) is 24.4 Å². The molecule has 1 fully saturated rings. The molecule has 1 heterocycles. The van der Waals surface area contributed by atoms with Gasteiger partial charge in [0.05, 0.1) is 19.8 Å². The summed E-state index contributed by atoms with van der Waals surface area (Å²) in [4.78, 5) is 11.5. The fraction of sp³-hybridized carbons (Fsp3) is 0.900. The number of hydrogen-bond acceptors (Lipinski definition) is 8. The van der Waals surface area contributed by atoms with E-state index in [4.69, 9.17) is 21.4 Å². The molecule has 0 saturated carbocycles. The van der Waals surface area contributed by atoms with Gasteiger partial charge < -0.3 is 35.0 Å². The molecule has 0 radical (unpaired) electrons. The molecule has 1 rings (SSSR count). The van der Waals surface area contributed by atoms with E-state index < -0.39 is 54.6 Å².